The van der Waals surface area contributed by atoms with Crippen molar-refractivity contribution < 1.29 is 9.59 Å². The van der Waals surface area contributed by atoms with E-state index in [0.29, 0.717) is 11.1 Å². The number of aryl methyl sites for hydroxylation is 1. The van der Waals surface area contributed by atoms with E-state index in [-0.39, 0.29) is 17.9 Å². The molecule has 1 unspecified atom stereocenters. The van der Waals surface area contributed by atoms with Crippen molar-refractivity contribution in [1.29, 1.82) is 0 Å². The maximum atomic E-state index is 12.7. The number of aromatic amines is 1. The highest BCUT2D eigenvalue weighted by Gasteiger charge is 2.42. The molecule has 1 N–H and O–H groups in total. The van der Waals surface area contributed by atoms with Gasteiger partial charge in [0.25, 0.3) is 11.8 Å². The van der Waals surface area contributed by atoms with Crippen LogP contribution in [-0.4, -0.2) is 45.7 Å². The maximum absolute atomic E-state index is 12.7. The SMILES string of the molecule is Cc1ccc2c(CN3CCC(N4C(=O)c5ccccc5C4=O)C3)c[nH]c2c1. The third-order valence-corrected chi connectivity index (χ3v) is 5.76. The number of carbonyl (C=O) groups excluding carboxylic acids is 2. The number of fused-ring (bicyclic) bond motifs is 2. The van der Waals surface area contributed by atoms with Gasteiger partial charge in [-0.25, -0.2) is 0 Å². The van der Waals surface area contributed by atoms with Crippen LogP contribution in [-0.2, 0) is 6.54 Å². The third kappa shape index (κ3) is 2.58. The summed E-state index contributed by atoms with van der Waals surface area (Å²) in [6.07, 6.45) is 2.90. The molecule has 3 heterocycles. The largest absolute Gasteiger partial charge is 0.361 e. The number of H-pyrrole nitrogens is 1. The van der Waals surface area contributed by atoms with Crippen LogP contribution in [0.1, 0.15) is 38.3 Å². The van der Waals surface area contributed by atoms with Gasteiger partial charge < -0.3 is 4.98 Å². The molecular weight excluding hydrogens is 338 g/mol. The molecule has 5 nitrogen and oxygen atoms in total. The molecule has 3 aromatic rings. The molecule has 136 valence electrons. The smallest absolute Gasteiger partial charge is 0.261 e. The lowest BCUT2D eigenvalue weighted by Crippen LogP contribution is -2.41. The number of imide groups is 1. The molecule has 1 atom stereocenters. The molecule has 2 amide bonds. The predicted octanol–water partition coefficient (Wildman–Crippen LogP) is 3.35. The van der Waals surface area contributed by atoms with Crippen LogP contribution in [0.2, 0.25) is 0 Å². The van der Waals surface area contributed by atoms with Gasteiger partial charge in [-0.15, -0.1) is 0 Å². The van der Waals surface area contributed by atoms with E-state index in [1.807, 2.05) is 12.1 Å². The summed E-state index contributed by atoms with van der Waals surface area (Å²) in [5, 5.41) is 1.24. The first kappa shape index (κ1) is 16.3. The van der Waals surface area contributed by atoms with E-state index in [0.717, 1.165) is 31.6 Å². The number of hydrogen-bond acceptors (Lipinski definition) is 3. The molecule has 1 fully saturated rings. The van der Waals surface area contributed by atoms with E-state index >= 15 is 0 Å². The highest BCUT2D eigenvalue weighted by molar-refractivity contribution is 6.21. The van der Waals surface area contributed by atoms with Crippen molar-refractivity contribution in [1.82, 2.24) is 14.8 Å². The number of rotatable bonds is 3. The summed E-state index contributed by atoms with van der Waals surface area (Å²) in [7, 11) is 0. The first-order chi connectivity index (χ1) is 13.1. The number of benzene rings is 2. The van der Waals surface area contributed by atoms with Crippen molar-refractivity contribution in [3.63, 3.8) is 0 Å². The maximum Gasteiger partial charge on any atom is 0.261 e. The lowest BCUT2D eigenvalue weighted by molar-refractivity contribution is 0.0588. The number of likely N-dealkylation sites (tertiary alicyclic amines) is 1. The van der Waals surface area contributed by atoms with Gasteiger partial charge in [0, 0.05) is 36.7 Å². The molecule has 0 spiro atoms. The standard InChI is InChI=1S/C22H21N3O2/c1-14-6-7-17-15(11-23-20(17)10-14)12-24-9-8-16(13-24)25-21(26)18-4-2-3-5-19(18)22(25)27/h2-7,10-11,16,23H,8-9,12-13H2,1H3. The molecule has 5 heteroatoms. The minimum Gasteiger partial charge on any atom is -0.361 e. The minimum absolute atomic E-state index is 0.0511. The van der Waals surface area contributed by atoms with Gasteiger partial charge in [-0.1, -0.05) is 24.3 Å². The van der Waals surface area contributed by atoms with Gasteiger partial charge in [0.2, 0.25) is 0 Å². The van der Waals surface area contributed by atoms with E-state index < -0.39 is 0 Å². The van der Waals surface area contributed by atoms with Gasteiger partial charge in [0.15, 0.2) is 0 Å². The summed E-state index contributed by atoms with van der Waals surface area (Å²) in [5.74, 6) is -0.296. The van der Waals surface area contributed by atoms with Crippen molar-refractivity contribution in [3.05, 3.63) is 70.9 Å². The van der Waals surface area contributed by atoms with Gasteiger partial charge in [-0.05, 0) is 42.7 Å². The Balaban J connectivity index is 1.33. The Bertz CT molecular complexity index is 1030. The van der Waals surface area contributed by atoms with E-state index in [4.69, 9.17) is 0 Å². The average molecular weight is 359 g/mol. The van der Waals surface area contributed by atoms with Gasteiger partial charge in [-0.2, -0.15) is 0 Å². The number of carbonyl (C=O) groups is 2. The number of nitrogens with one attached hydrogen (secondary N) is 1. The van der Waals surface area contributed by atoms with Gasteiger partial charge in [0.1, 0.15) is 0 Å². The van der Waals surface area contributed by atoms with E-state index in [1.54, 1.807) is 12.1 Å². The van der Waals surface area contributed by atoms with Gasteiger partial charge in [-0.3, -0.25) is 19.4 Å². The molecule has 5 rings (SSSR count). The summed E-state index contributed by atoms with van der Waals surface area (Å²) in [6, 6.07) is 13.5. The second kappa shape index (κ2) is 6.06. The zero-order chi connectivity index (χ0) is 18.5. The summed E-state index contributed by atoms with van der Waals surface area (Å²) < 4.78 is 0. The van der Waals surface area contributed by atoms with Crippen LogP contribution >= 0.6 is 0 Å². The fraction of sp³-hybridized carbons (Fsp3) is 0.273. The van der Waals surface area contributed by atoms with Crippen LogP contribution in [0.4, 0.5) is 0 Å². The molecule has 0 saturated carbocycles. The van der Waals surface area contributed by atoms with Crippen molar-refractivity contribution in [2.75, 3.05) is 13.1 Å². The molecule has 1 saturated heterocycles. The molecule has 0 aliphatic carbocycles. The Kier molecular flexibility index (Phi) is 3.65. The summed E-state index contributed by atoms with van der Waals surface area (Å²) in [4.78, 5) is 32.6. The van der Waals surface area contributed by atoms with Crippen LogP contribution in [0.5, 0.6) is 0 Å². The highest BCUT2D eigenvalue weighted by atomic mass is 16.2. The monoisotopic (exact) mass is 359 g/mol. The fourth-order valence-corrected chi connectivity index (χ4v) is 4.38. The molecule has 0 bridgehead atoms. The van der Waals surface area contributed by atoms with E-state index in [2.05, 4.69) is 41.2 Å². The predicted molar refractivity (Wildman–Crippen MR) is 104 cm³/mol. The van der Waals surface area contributed by atoms with Gasteiger partial charge >= 0.3 is 0 Å². The Morgan fingerprint density at radius 3 is 2.56 bits per heavy atom. The van der Waals surface area contributed by atoms with Crippen molar-refractivity contribution in [3.8, 4) is 0 Å². The molecule has 0 radical (unpaired) electrons. The topological polar surface area (TPSA) is 56.4 Å². The van der Waals surface area contributed by atoms with Crippen molar-refractivity contribution >= 4 is 22.7 Å². The van der Waals surface area contributed by atoms with Crippen molar-refractivity contribution in [2.24, 2.45) is 0 Å². The summed E-state index contributed by atoms with van der Waals surface area (Å²) in [6.45, 7) is 4.52. The van der Waals surface area contributed by atoms with Crippen LogP contribution in [0.15, 0.2) is 48.7 Å². The molecule has 27 heavy (non-hydrogen) atoms. The second-order valence-corrected chi connectivity index (χ2v) is 7.57. The Labute approximate surface area is 157 Å². The highest BCUT2D eigenvalue weighted by Crippen LogP contribution is 2.29. The quantitative estimate of drug-likeness (QED) is 0.730. The normalized spacial score (nSPS) is 20.0. The number of nitrogens with zero attached hydrogens (tertiary/aromatic N) is 2. The molecular formula is C22H21N3O2. The molecule has 2 aromatic carbocycles. The van der Waals surface area contributed by atoms with Crippen molar-refractivity contribution in [2.45, 2.75) is 25.9 Å². The lowest BCUT2D eigenvalue weighted by Gasteiger charge is -2.22. The van der Waals surface area contributed by atoms with Crippen LogP contribution < -0.4 is 0 Å². The van der Waals surface area contributed by atoms with Crippen LogP contribution in [0.25, 0.3) is 10.9 Å². The molecule has 1 aromatic heterocycles. The second-order valence-electron chi connectivity index (χ2n) is 7.57. The Morgan fingerprint density at radius 1 is 1.07 bits per heavy atom. The first-order valence-electron chi connectivity index (χ1n) is 9.38. The Morgan fingerprint density at radius 2 is 1.81 bits per heavy atom. The zero-order valence-electron chi connectivity index (χ0n) is 15.2. The molecule has 2 aliphatic rings. The van der Waals surface area contributed by atoms with Crippen LogP contribution in [0, 0.1) is 6.92 Å². The average Bonchev–Trinajstić information content (AvgIpc) is 3.34. The summed E-state index contributed by atoms with van der Waals surface area (Å²) >= 11 is 0. The third-order valence-electron chi connectivity index (χ3n) is 5.76. The zero-order valence-corrected chi connectivity index (χ0v) is 15.2. The summed E-state index contributed by atoms with van der Waals surface area (Å²) in [5.41, 5.74) is 4.72. The first-order valence-corrected chi connectivity index (χ1v) is 9.38. The number of aromatic nitrogens is 1. The van der Waals surface area contributed by atoms with E-state index in [1.165, 1.54) is 21.4 Å². The minimum atomic E-state index is -0.148. The van der Waals surface area contributed by atoms with E-state index in [9.17, 15) is 9.59 Å². The Hall–Kier alpha value is -2.92. The number of amides is 2. The fourth-order valence-electron chi connectivity index (χ4n) is 4.38. The molecule has 2 aliphatic heterocycles. The van der Waals surface area contributed by atoms with Crippen LogP contribution in [0.3, 0.4) is 0 Å². The number of hydrogen-bond donors (Lipinski definition) is 1. The van der Waals surface area contributed by atoms with Gasteiger partial charge in [0.05, 0.1) is 17.2 Å². The lowest BCUT2D eigenvalue weighted by atomic mass is 10.1.